The van der Waals surface area contributed by atoms with Gasteiger partial charge in [0.05, 0.1) is 12.4 Å². The number of carbonyl (C=O) groups excluding carboxylic acids is 1. The molecule has 2 atom stereocenters. The normalized spacial score (nSPS) is 18.1. The molecule has 1 aromatic carbocycles. The summed E-state index contributed by atoms with van der Waals surface area (Å²) in [6.07, 6.45) is 5.44. The van der Waals surface area contributed by atoms with Crippen molar-refractivity contribution in [1.82, 2.24) is 14.9 Å². The fourth-order valence-corrected chi connectivity index (χ4v) is 2.79. The van der Waals surface area contributed by atoms with Crippen molar-refractivity contribution in [2.24, 2.45) is 5.41 Å². The largest absolute Gasteiger partial charge is 0.492 e. The maximum atomic E-state index is 12.8. The second-order valence-electron chi connectivity index (χ2n) is 7.09. The van der Waals surface area contributed by atoms with Gasteiger partial charge in [0.1, 0.15) is 18.3 Å². The molecule has 0 aliphatic carbocycles. The molecule has 1 aliphatic heterocycles. The van der Waals surface area contributed by atoms with E-state index in [4.69, 9.17) is 4.74 Å². The Morgan fingerprint density at radius 2 is 2.22 bits per heavy atom. The molecule has 122 valence electrons. The molecule has 1 amide bonds. The highest BCUT2D eigenvalue weighted by atomic mass is 16.5. The molecule has 0 unspecified atom stereocenters. The van der Waals surface area contributed by atoms with Crippen molar-refractivity contribution >= 4 is 5.91 Å². The van der Waals surface area contributed by atoms with Gasteiger partial charge in [-0.05, 0) is 11.5 Å². The first-order valence-electron chi connectivity index (χ1n) is 7.93. The standard InChI is InChI=1S/C18H23N3O2/c1-18(2,3)16(10-21-9-8-19-12-21)20-17(22)14-11-23-15-7-5-4-6-13(14)15/h4-9,12,14,16H,10-11H2,1-3H3,(H,20,22)/t14-,16+/m1/s1. The summed E-state index contributed by atoms with van der Waals surface area (Å²) in [6, 6.07) is 7.76. The smallest absolute Gasteiger partial charge is 0.231 e. The van der Waals surface area contributed by atoms with Crippen LogP contribution in [0.15, 0.2) is 43.0 Å². The van der Waals surface area contributed by atoms with Crippen molar-refractivity contribution in [3.63, 3.8) is 0 Å². The molecule has 5 nitrogen and oxygen atoms in total. The Morgan fingerprint density at radius 3 is 2.91 bits per heavy atom. The lowest BCUT2D eigenvalue weighted by Crippen LogP contribution is -2.48. The third-order valence-electron chi connectivity index (χ3n) is 4.33. The number of rotatable bonds is 4. The number of nitrogens with one attached hydrogen (secondary N) is 1. The van der Waals surface area contributed by atoms with Crippen molar-refractivity contribution in [2.75, 3.05) is 6.61 Å². The van der Waals surface area contributed by atoms with Gasteiger partial charge in [-0.25, -0.2) is 4.98 Å². The number of para-hydroxylation sites is 1. The number of ether oxygens (including phenoxy) is 1. The quantitative estimate of drug-likeness (QED) is 0.944. The van der Waals surface area contributed by atoms with Crippen LogP contribution in [0, 0.1) is 5.41 Å². The van der Waals surface area contributed by atoms with Crippen LogP contribution in [0.1, 0.15) is 32.3 Å². The Hall–Kier alpha value is -2.30. The molecule has 1 aliphatic rings. The summed E-state index contributed by atoms with van der Waals surface area (Å²) < 4.78 is 7.62. The van der Waals surface area contributed by atoms with Crippen LogP contribution in [0.2, 0.25) is 0 Å². The molecule has 0 spiro atoms. The van der Waals surface area contributed by atoms with Crippen molar-refractivity contribution in [3.8, 4) is 5.75 Å². The maximum absolute atomic E-state index is 12.8. The van der Waals surface area contributed by atoms with Crippen molar-refractivity contribution in [3.05, 3.63) is 48.5 Å². The van der Waals surface area contributed by atoms with Crippen LogP contribution in [0.5, 0.6) is 5.75 Å². The number of benzene rings is 1. The van der Waals surface area contributed by atoms with Gasteiger partial charge in [-0.1, -0.05) is 39.0 Å². The van der Waals surface area contributed by atoms with Gasteiger partial charge in [0, 0.05) is 24.5 Å². The van der Waals surface area contributed by atoms with Crippen LogP contribution in [-0.4, -0.2) is 28.1 Å². The van der Waals surface area contributed by atoms with E-state index in [1.165, 1.54) is 0 Å². The van der Waals surface area contributed by atoms with Gasteiger partial charge >= 0.3 is 0 Å². The molecule has 2 heterocycles. The molecule has 0 saturated heterocycles. The Bertz CT molecular complexity index is 674. The molecule has 5 heteroatoms. The Kier molecular flexibility index (Phi) is 4.11. The van der Waals surface area contributed by atoms with Crippen LogP contribution in [0.25, 0.3) is 0 Å². The fourth-order valence-electron chi connectivity index (χ4n) is 2.79. The van der Waals surface area contributed by atoms with Crippen LogP contribution in [-0.2, 0) is 11.3 Å². The number of aromatic nitrogens is 2. The van der Waals surface area contributed by atoms with Gasteiger partial charge in [0.15, 0.2) is 0 Å². The summed E-state index contributed by atoms with van der Waals surface area (Å²) in [5.74, 6) is 0.600. The van der Waals surface area contributed by atoms with Crippen LogP contribution in [0.3, 0.4) is 0 Å². The average Bonchev–Trinajstić information content (AvgIpc) is 3.14. The minimum atomic E-state index is -0.237. The zero-order chi connectivity index (χ0) is 16.4. The number of nitrogens with zero attached hydrogens (tertiary/aromatic N) is 2. The van der Waals surface area contributed by atoms with E-state index in [0.29, 0.717) is 13.2 Å². The van der Waals surface area contributed by atoms with Gasteiger partial charge < -0.3 is 14.6 Å². The van der Waals surface area contributed by atoms with E-state index in [9.17, 15) is 4.79 Å². The summed E-state index contributed by atoms with van der Waals surface area (Å²) >= 11 is 0. The second-order valence-corrected chi connectivity index (χ2v) is 7.09. The number of fused-ring (bicyclic) bond motifs is 1. The summed E-state index contributed by atoms with van der Waals surface area (Å²) in [5, 5.41) is 3.21. The van der Waals surface area contributed by atoms with Crippen LogP contribution < -0.4 is 10.1 Å². The van der Waals surface area contributed by atoms with E-state index in [0.717, 1.165) is 11.3 Å². The fraction of sp³-hybridized carbons (Fsp3) is 0.444. The Morgan fingerprint density at radius 1 is 1.43 bits per heavy atom. The van der Waals surface area contributed by atoms with E-state index < -0.39 is 0 Å². The predicted octanol–water partition coefficient (Wildman–Crippen LogP) is 2.59. The van der Waals surface area contributed by atoms with Gasteiger partial charge in [-0.2, -0.15) is 0 Å². The number of imidazole rings is 1. The maximum Gasteiger partial charge on any atom is 0.231 e. The molecule has 23 heavy (non-hydrogen) atoms. The topological polar surface area (TPSA) is 56.2 Å². The van der Waals surface area contributed by atoms with Gasteiger partial charge in [-0.3, -0.25) is 4.79 Å². The van der Waals surface area contributed by atoms with Gasteiger partial charge in [0.25, 0.3) is 0 Å². The van der Waals surface area contributed by atoms with E-state index in [-0.39, 0.29) is 23.3 Å². The molecule has 0 radical (unpaired) electrons. The van der Waals surface area contributed by atoms with E-state index in [2.05, 4.69) is 31.1 Å². The van der Waals surface area contributed by atoms with Crippen molar-refractivity contribution in [1.29, 1.82) is 0 Å². The molecule has 0 saturated carbocycles. The molecular weight excluding hydrogens is 290 g/mol. The first kappa shape index (κ1) is 15.6. The highest BCUT2D eigenvalue weighted by Crippen LogP contribution is 2.34. The Balaban J connectivity index is 1.74. The highest BCUT2D eigenvalue weighted by Gasteiger charge is 2.34. The minimum Gasteiger partial charge on any atom is -0.492 e. The zero-order valence-corrected chi connectivity index (χ0v) is 13.8. The van der Waals surface area contributed by atoms with Crippen LogP contribution in [0.4, 0.5) is 0 Å². The summed E-state index contributed by atoms with van der Waals surface area (Å²) in [4.78, 5) is 16.9. The van der Waals surface area contributed by atoms with E-state index >= 15 is 0 Å². The zero-order valence-electron chi connectivity index (χ0n) is 13.8. The number of amides is 1. The minimum absolute atomic E-state index is 0.0111. The highest BCUT2D eigenvalue weighted by molar-refractivity contribution is 5.85. The van der Waals surface area contributed by atoms with Crippen LogP contribution >= 0.6 is 0 Å². The number of hydrogen-bond acceptors (Lipinski definition) is 3. The van der Waals surface area contributed by atoms with Gasteiger partial charge in [-0.15, -0.1) is 0 Å². The lowest BCUT2D eigenvalue weighted by Gasteiger charge is -2.32. The second kappa shape index (κ2) is 6.07. The monoisotopic (exact) mass is 313 g/mol. The lowest BCUT2D eigenvalue weighted by atomic mass is 9.86. The Labute approximate surface area is 136 Å². The van der Waals surface area contributed by atoms with E-state index in [1.54, 1.807) is 12.5 Å². The first-order chi connectivity index (χ1) is 10.9. The molecule has 2 aromatic rings. The first-order valence-corrected chi connectivity index (χ1v) is 7.93. The third kappa shape index (κ3) is 3.38. The van der Waals surface area contributed by atoms with Crippen molar-refractivity contribution in [2.45, 2.75) is 39.3 Å². The summed E-state index contributed by atoms with van der Waals surface area (Å²) in [5.41, 5.74) is 0.916. The summed E-state index contributed by atoms with van der Waals surface area (Å²) in [7, 11) is 0. The molecule has 0 fully saturated rings. The van der Waals surface area contributed by atoms with Gasteiger partial charge in [0.2, 0.25) is 5.91 Å². The molecular formula is C18H23N3O2. The SMILES string of the molecule is CC(C)(C)[C@H](Cn1ccnc1)NC(=O)[C@@H]1COc2ccccc21. The van der Waals surface area contributed by atoms with E-state index in [1.807, 2.05) is 35.0 Å². The number of carbonyl (C=O) groups is 1. The average molecular weight is 313 g/mol. The lowest BCUT2D eigenvalue weighted by molar-refractivity contribution is -0.124. The molecule has 0 bridgehead atoms. The summed E-state index contributed by atoms with van der Waals surface area (Å²) in [6.45, 7) is 7.51. The third-order valence-corrected chi connectivity index (χ3v) is 4.33. The van der Waals surface area contributed by atoms with Crippen molar-refractivity contribution < 1.29 is 9.53 Å². The predicted molar refractivity (Wildman–Crippen MR) is 88.3 cm³/mol. The molecule has 3 rings (SSSR count). The molecule has 1 aromatic heterocycles. The molecule has 1 N–H and O–H groups in total. The number of hydrogen-bond donors (Lipinski definition) is 1.